The van der Waals surface area contributed by atoms with Crippen LogP contribution in [0.1, 0.15) is 265 Å². The summed E-state index contributed by atoms with van der Waals surface area (Å²) in [6.45, 7) is 5.73. The van der Waals surface area contributed by atoms with Crippen LogP contribution in [0.3, 0.4) is 0 Å². The van der Waals surface area contributed by atoms with Gasteiger partial charge in [0.25, 0.3) is 0 Å². The predicted octanol–water partition coefficient (Wildman–Crippen LogP) is 17.8. The van der Waals surface area contributed by atoms with E-state index in [4.69, 9.17) is 23.7 Å². The van der Waals surface area contributed by atoms with Gasteiger partial charge in [-0.15, -0.1) is 0 Å². The highest BCUT2D eigenvalue weighted by Crippen LogP contribution is 2.27. The van der Waals surface area contributed by atoms with Crippen molar-refractivity contribution in [2.75, 3.05) is 13.2 Å². The van der Waals surface area contributed by atoms with Crippen molar-refractivity contribution in [1.82, 2.24) is 0 Å². The monoisotopic (exact) mass is 1160 g/mol. The first-order valence-electron chi connectivity index (χ1n) is 32.9. The SMILES string of the molecule is CC/C=C\C/C=C\C/C=C\C/C=C\C/C=C\CCCC(=O)OC(COC(=O)CCCCCCCC/C=C\C/C=C\C/C=C\C/C=C\CC)COC1OC(C(=O)O)C(O)C(O)C1OC(=O)CCCCCCCCCCCCCCCCCCC. The van der Waals surface area contributed by atoms with Crippen LogP contribution in [0.15, 0.2) is 109 Å². The molecule has 472 valence electrons. The number of ether oxygens (including phenoxy) is 5. The fraction of sp³-hybridized carbons (Fsp3) is 0.690. The highest BCUT2D eigenvalue weighted by Gasteiger charge is 2.50. The molecule has 0 aromatic heterocycles. The third-order valence-corrected chi connectivity index (χ3v) is 14.3. The molecule has 1 saturated heterocycles. The van der Waals surface area contributed by atoms with Crippen LogP contribution in [-0.4, -0.2) is 89.2 Å². The van der Waals surface area contributed by atoms with E-state index in [0.717, 1.165) is 122 Å². The van der Waals surface area contributed by atoms with Crippen LogP contribution < -0.4 is 0 Å². The fourth-order valence-electron chi connectivity index (χ4n) is 9.40. The molecule has 12 heteroatoms. The van der Waals surface area contributed by atoms with Crippen LogP contribution in [0.2, 0.25) is 0 Å². The zero-order chi connectivity index (χ0) is 60.3. The summed E-state index contributed by atoms with van der Waals surface area (Å²) in [6, 6.07) is 0. The molecule has 1 aliphatic heterocycles. The summed E-state index contributed by atoms with van der Waals surface area (Å²) in [5, 5.41) is 31.6. The van der Waals surface area contributed by atoms with Crippen LogP contribution in [0.5, 0.6) is 0 Å². The van der Waals surface area contributed by atoms with Crippen LogP contribution in [0, 0.1) is 0 Å². The average Bonchev–Trinajstić information content (AvgIpc) is 3.59. The van der Waals surface area contributed by atoms with Crippen molar-refractivity contribution in [2.45, 2.75) is 302 Å². The summed E-state index contributed by atoms with van der Waals surface area (Å²) in [6.07, 6.45) is 66.2. The van der Waals surface area contributed by atoms with E-state index >= 15 is 0 Å². The van der Waals surface area contributed by atoms with Gasteiger partial charge < -0.3 is 39.0 Å². The molecule has 0 amide bonds. The van der Waals surface area contributed by atoms with E-state index in [2.05, 4.69) is 118 Å². The Labute approximate surface area is 504 Å². The van der Waals surface area contributed by atoms with Crippen LogP contribution in [0.25, 0.3) is 0 Å². The highest BCUT2D eigenvalue weighted by atomic mass is 16.7. The number of aliphatic hydroxyl groups excluding tert-OH is 2. The second kappa shape index (κ2) is 57.8. The van der Waals surface area contributed by atoms with Gasteiger partial charge in [-0.2, -0.15) is 0 Å². The van der Waals surface area contributed by atoms with Gasteiger partial charge in [-0.05, 0) is 96.3 Å². The molecule has 0 aliphatic carbocycles. The Kier molecular flexibility index (Phi) is 53.2. The molecule has 12 nitrogen and oxygen atoms in total. The first kappa shape index (κ1) is 76.4. The molecule has 0 spiro atoms. The molecule has 1 aliphatic rings. The molecule has 6 atom stereocenters. The number of aliphatic carboxylic acids is 1. The molecule has 0 aromatic carbocycles. The Bertz CT molecular complexity index is 1860. The fourth-order valence-corrected chi connectivity index (χ4v) is 9.40. The second-order valence-electron chi connectivity index (χ2n) is 22.0. The van der Waals surface area contributed by atoms with Gasteiger partial charge in [0.1, 0.15) is 18.8 Å². The summed E-state index contributed by atoms with van der Waals surface area (Å²) in [4.78, 5) is 51.4. The van der Waals surface area contributed by atoms with E-state index in [1.165, 1.54) is 77.0 Å². The van der Waals surface area contributed by atoms with Crippen molar-refractivity contribution in [3.63, 3.8) is 0 Å². The largest absolute Gasteiger partial charge is 0.479 e. The minimum absolute atomic E-state index is 0.0511. The number of carbonyl (C=O) groups is 4. The van der Waals surface area contributed by atoms with Crippen molar-refractivity contribution in [2.24, 2.45) is 0 Å². The first-order valence-corrected chi connectivity index (χ1v) is 32.9. The molecule has 83 heavy (non-hydrogen) atoms. The van der Waals surface area contributed by atoms with Gasteiger partial charge in [0.05, 0.1) is 6.61 Å². The predicted molar refractivity (Wildman–Crippen MR) is 340 cm³/mol. The Balaban J connectivity index is 2.70. The number of carbonyl (C=O) groups excluding carboxylic acids is 3. The van der Waals surface area contributed by atoms with E-state index < -0.39 is 67.3 Å². The number of carboxylic acids is 1. The Morgan fingerprint density at radius 3 is 1.19 bits per heavy atom. The number of allylic oxidation sites excluding steroid dienone is 18. The van der Waals surface area contributed by atoms with Crippen molar-refractivity contribution in [3.8, 4) is 0 Å². The van der Waals surface area contributed by atoms with Gasteiger partial charge in [0, 0.05) is 19.3 Å². The number of rotatable bonds is 55. The standard InChI is InChI=1S/C71H116O12/c1-4-7-10-13-16-19-22-25-28-31-32-35-36-39-42-45-48-51-54-57-63(72)79-60-62(81-64(73)58-55-52-49-46-43-40-37-33-29-26-23-20-17-14-11-8-5-2)61-80-71-69(67(76)66(75)68(83-71)70(77)78)82-65(74)59-56-53-50-47-44-41-38-34-30-27-24-21-18-15-12-9-6-3/h7-8,10-11,16-17,19-20,25-26,28-29,32,35,37,40,46,49,62,66-69,71,75-76H,4-6,9,12-15,18,21-24,27,30-31,33-34,36,38-39,41-45,47-48,50-61H2,1-3H3,(H,77,78)/b10-7-,11-8-,19-16-,20-17-,28-25-,29-26-,35-32-,40-37-,49-46-. The van der Waals surface area contributed by atoms with Crippen molar-refractivity contribution < 1.29 is 58.2 Å². The number of aliphatic hydroxyl groups is 2. The molecule has 0 aromatic rings. The number of hydrogen-bond acceptors (Lipinski definition) is 11. The van der Waals surface area contributed by atoms with Crippen LogP contribution >= 0.6 is 0 Å². The highest BCUT2D eigenvalue weighted by molar-refractivity contribution is 5.74. The lowest BCUT2D eigenvalue weighted by Gasteiger charge is -2.40. The Morgan fingerprint density at radius 2 is 0.771 bits per heavy atom. The molecule has 0 radical (unpaired) electrons. The lowest BCUT2D eigenvalue weighted by molar-refractivity contribution is -0.301. The van der Waals surface area contributed by atoms with Gasteiger partial charge in [-0.25, -0.2) is 4.79 Å². The third kappa shape index (κ3) is 47.3. The van der Waals surface area contributed by atoms with Gasteiger partial charge >= 0.3 is 23.9 Å². The van der Waals surface area contributed by atoms with E-state index in [-0.39, 0.29) is 25.9 Å². The summed E-state index contributed by atoms with van der Waals surface area (Å²) >= 11 is 0. The molecule has 0 bridgehead atoms. The maximum atomic E-state index is 13.2. The smallest absolute Gasteiger partial charge is 0.335 e. The van der Waals surface area contributed by atoms with Crippen LogP contribution in [0.4, 0.5) is 0 Å². The maximum absolute atomic E-state index is 13.2. The van der Waals surface area contributed by atoms with Gasteiger partial charge in [-0.1, -0.05) is 259 Å². The summed E-state index contributed by atoms with van der Waals surface area (Å²) in [5.74, 6) is -3.22. The van der Waals surface area contributed by atoms with E-state index in [1.807, 2.05) is 12.2 Å². The molecule has 3 N–H and O–H groups in total. The lowest BCUT2D eigenvalue weighted by Crippen LogP contribution is -2.61. The van der Waals surface area contributed by atoms with E-state index in [1.54, 1.807) is 0 Å². The number of carboxylic acid groups (broad SMARTS) is 1. The quantitative estimate of drug-likeness (QED) is 0.0228. The molecular formula is C71H116O12. The zero-order valence-corrected chi connectivity index (χ0v) is 52.2. The summed E-state index contributed by atoms with van der Waals surface area (Å²) in [5.41, 5.74) is 0. The Hall–Kier alpha value is -4.62. The van der Waals surface area contributed by atoms with E-state index in [0.29, 0.717) is 25.7 Å². The first-order chi connectivity index (χ1) is 40.6. The normalized spacial score (nSPS) is 18.3. The molecule has 0 saturated carbocycles. The number of esters is 3. The third-order valence-electron chi connectivity index (χ3n) is 14.3. The molecular weight excluding hydrogens is 1040 g/mol. The molecule has 6 unspecified atom stereocenters. The second-order valence-corrected chi connectivity index (χ2v) is 22.0. The average molecular weight is 1160 g/mol. The number of hydrogen-bond donors (Lipinski definition) is 3. The lowest BCUT2D eigenvalue weighted by atomic mass is 9.98. The summed E-state index contributed by atoms with van der Waals surface area (Å²) in [7, 11) is 0. The van der Waals surface area contributed by atoms with E-state index in [9.17, 15) is 34.5 Å². The van der Waals surface area contributed by atoms with Gasteiger partial charge in [0.2, 0.25) is 0 Å². The topological polar surface area (TPSA) is 175 Å². The van der Waals surface area contributed by atoms with Gasteiger partial charge in [-0.3, -0.25) is 14.4 Å². The zero-order valence-electron chi connectivity index (χ0n) is 52.2. The van der Waals surface area contributed by atoms with Crippen molar-refractivity contribution in [1.29, 1.82) is 0 Å². The van der Waals surface area contributed by atoms with Crippen molar-refractivity contribution >= 4 is 23.9 Å². The maximum Gasteiger partial charge on any atom is 0.335 e. The molecule has 1 fully saturated rings. The Morgan fingerprint density at radius 1 is 0.410 bits per heavy atom. The minimum Gasteiger partial charge on any atom is -0.479 e. The van der Waals surface area contributed by atoms with Crippen molar-refractivity contribution in [3.05, 3.63) is 109 Å². The summed E-state index contributed by atoms with van der Waals surface area (Å²) < 4.78 is 28.5. The van der Waals surface area contributed by atoms with Gasteiger partial charge in [0.15, 0.2) is 24.6 Å². The number of unbranched alkanes of at least 4 members (excludes halogenated alkanes) is 23. The molecule has 1 rings (SSSR count). The molecule has 1 heterocycles. The minimum atomic E-state index is -1.92. The van der Waals surface area contributed by atoms with Crippen LogP contribution in [-0.2, 0) is 42.9 Å².